The van der Waals surface area contributed by atoms with E-state index in [2.05, 4.69) is 29.3 Å². The van der Waals surface area contributed by atoms with Crippen molar-refractivity contribution in [3.8, 4) is 16.9 Å². The summed E-state index contributed by atoms with van der Waals surface area (Å²) in [6.07, 6.45) is 2.67. The molecule has 1 aromatic carbocycles. The number of aromatic amines is 1. The number of H-pyrrole nitrogens is 1. The van der Waals surface area contributed by atoms with E-state index in [0.29, 0.717) is 6.54 Å². The molecule has 2 rings (SSSR count). The van der Waals surface area contributed by atoms with Crippen molar-refractivity contribution in [1.29, 1.82) is 0 Å². The Morgan fingerprint density at radius 3 is 2.67 bits per heavy atom. The van der Waals surface area contributed by atoms with Crippen LogP contribution in [-0.2, 0) is 6.42 Å². The maximum Gasteiger partial charge on any atom is 0.122 e. The molecule has 0 atom stereocenters. The van der Waals surface area contributed by atoms with Crippen LogP contribution in [0.25, 0.3) is 11.1 Å². The van der Waals surface area contributed by atoms with Gasteiger partial charge in [-0.1, -0.05) is 0 Å². The zero-order valence-corrected chi connectivity index (χ0v) is 11.1. The van der Waals surface area contributed by atoms with E-state index in [4.69, 9.17) is 10.5 Å². The maximum absolute atomic E-state index is 5.61. The van der Waals surface area contributed by atoms with Gasteiger partial charge in [0, 0.05) is 17.7 Å². The van der Waals surface area contributed by atoms with Crippen LogP contribution in [0.15, 0.2) is 18.3 Å². The van der Waals surface area contributed by atoms with Gasteiger partial charge in [-0.2, -0.15) is 5.10 Å². The molecule has 4 nitrogen and oxygen atoms in total. The first-order valence-electron chi connectivity index (χ1n) is 6.05. The molecular formula is C14H19N3O. The molecule has 1 heterocycles. The summed E-state index contributed by atoms with van der Waals surface area (Å²) in [5.74, 6) is 0.917. The van der Waals surface area contributed by atoms with E-state index in [-0.39, 0.29) is 0 Å². The van der Waals surface area contributed by atoms with Crippen LogP contribution in [0.3, 0.4) is 0 Å². The Labute approximate surface area is 107 Å². The van der Waals surface area contributed by atoms with Crippen LogP contribution in [0.4, 0.5) is 0 Å². The van der Waals surface area contributed by atoms with Gasteiger partial charge in [0.15, 0.2) is 0 Å². The normalized spacial score (nSPS) is 10.7. The van der Waals surface area contributed by atoms with Gasteiger partial charge in [-0.15, -0.1) is 0 Å². The van der Waals surface area contributed by atoms with Gasteiger partial charge in [-0.3, -0.25) is 5.10 Å². The molecule has 1 aromatic heterocycles. The lowest BCUT2D eigenvalue weighted by molar-refractivity contribution is 0.411. The Kier molecular flexibility index (Phi) is 3.67. The van der Waals surface area contributed by atoms with Crippen molar-refractivity contribution < 1.29 is 4.74 Å². The zero-order valence-electron chi connectivity index (χ0n) is 11.1. The van der Waals surface area contributed by atoms with Gasteiger partial charge < -0.3 is 10.5 Å². The summed E-state index contributed by atoms with van der Waals surface area (Å²) < 4.78 is 5.33. The van der Waals surface area contributed by atoms with Crippen LogP contribution in [0.1, 0.15) is 16.8 Å². The molecule has 0 saturated carbocycles. The largest absolute Gasteiger partial charge is 0.496 e. The molecule has 0 unspecified atom stereocenters. The van der Waals surface area contributed by atoms with Crippen molar-refractivity contribution in [1.82, 2.24) is 10.2 Å². The molecule has 0 aliphatic heterocycles. The smallest absolute Gasteiger partial charge is 0.122 e. The summed E-state index contributed by atoms with van der Waals surface area (Å²) in [7, 11) is 1.69. The summed E-state index contributed by atoms with van der Waals surface area (Å²) in [6.45, 7) is 4.74. The van der Waals surface area contributed by atoms with Gasteiger partial charge in [0.25, 0.3) is 0 Å². The minimum atomic E-state index is 0.614. The second kappa shape index (κ2) is 5.23. The molecule has 0 aliphatic carbocycles. The average molecular weight is 245 g/mol. The van der Waals surface area contributed by atoms with Crippen LogP contribution < -0.4 is 10.5 Å². The molecule has 0 bridgehead atoms. The van der Waals surface area contributed by atoms with Crippen LogP contribution in [0.2, 0.25) is 0 Å². The first kappa shape index (κ1) is 12.6. The fraction of sp³-hybridized carbons (Fsp3) is 0.357. The number of aryl methyl sites for hydroxylation is 2. The lowest BCUT2D eigenvalue weighted by Crippen LogP contribution is -2.04. The highest BCUT2D eigenvalue weighted by Crippen LogP contribution is 2.31. The molecular weight excluding hydrogens is 226 g/mol. The Morgan fingerprint density at radius 1 is 1.22 bits per heavy atom. The average Bonchev–Trinajstić information content (AvgIpc) is 2.80. The highest BCUT2D eigenvalue weighted by Gasteiger charge is 2.12. The summed E-state index contributed by atoms with van der Waals surface area (Å²) in [4.78, 5) is 0. The number of hydrogen-bond donors (Lipinski definition) is 2. The number of rotatable bonds is 4. The number of aromatic nitrogens is 2. The van der Waals surface area contributed by atoms with Crippen molar-refractivity contribution >= 4 is 0 Å². The SMILES string of the molecule is COc1cc(C)c(-c2cn[nH]c2CCN)cc1C. The van der Waals surface area contributed by atoms with E-state index >= 15 is 0 Å². The molecule has 3 N–H and O–H groups in total. The van der Waals surface area contributed by atoms with Crippen molar-refractivity contribution in [3.63, 3.8) is 0 Å². The number of nitrogens with one attached hydrogen (secondary N) is 1. The molecule has 0 fully saturated rings. The summed E-state index contributed by atoms with van der Waals surface area (Å²) in [6, 6.07) is 4.20. The standard InChI is InChI=1S/C14H19N3O/c1-9-7-14(18-3)10(2)6-11(9)12-8-16-17-13(12)4-5-15/h6-8H,4-5,15H2,1-3H3,(H,16,17). The Bertz CT molecular complexity index is 546. The quantitative estimate of drug-likeness (QED) is 0.868. The van der Waals surface area contributed by atoms with Crippen LogP contribution >= 0.6 is 0 Å². The Balaban J connectivity index is 2.50. The number of hydrogen-bond acceptors (Lipinski definition) is 3. The fourth-order valence-electron chi connectivity index (χ4n) is 2.18. The van der Waals surface area contributed by atoms with Gasteiger partial charge in [-0.25, -0.2) is 0 Å². The van der Waals surface area contributed by atoms with Crippen LogP contribution in [0, 0.1) is 13.8 Å². The maximum atomic E-state index is 5.61. The third-order valence-electron chi connectivity index (χ3n) is 3.14. The Morgan fingerprint density at radius 2 is 2.00 bits per heavy atom. The van der Waals surface area contributed by atoms with Crippen LogP contribution in [0.5, 0.6) is 5.75 Å². The number of methoxy groups -OCH3 is 1. The monoisotopic (exact) mass is 245 g/mol. The highest BCUT2D eigenvalue weighted by atomic mass is 16.5. The molecule has 0 radical (unpaired) electrons. The van der Waals surface area contributed by atoms with E-state index in [1.165, 1.54) is 11.1 Å². The van der Waals surface area contributed by atoms with Gasteiger partial charge in [0.05, 0.1) is 13.3 Å². The first-order chi connectivity index (χ1) is 8.67. The highest BCUT2D eigenvalue weighted by molar-refractivity contribution is 5.71. The van der Waals surface area contributed by atoms with Crippen molar-refractivity contribution in [2.45, 2.75) is 20.3 Å². The van der Waals surface area contributed by atoms with E-state index in [0.717, 1.165) is 29.0 Å². The van der Waals surface area contributed by atoms with Gasteiger partial charge in [0.1, 0.15) is 5.75 Å². The number of nitrogens with two attached hydrogens (primary N) is 1. The molecule has 0 amide bonds. The van der Waals surface area contributed by atoms with E-state index in [1.54, 1.807) is 7.11 Å². The minimum absolute atomic E-state index is 0.614. The van der Waals surface area contributed by atoms with Gasteiger partial charge in [0.2, 0.25) is 0 Å². The predicted molar refractivity (Wildman–Crippen MR) is 72.8 cm³/mol. The molecule has 0 aliphatic rings. The molecule has 96 valence electrons. The first-order valence-corrected chi connectivity index (χ1v) is 6.05. The molecule has 18 heavy (non-hydrogen) atoms. The van der Waals surface area contributed by atoms with E-state index in [9.17, 15) is 0 Å². The molecule has 0 saturated heterocycles. The number of benzene rings is 1. The summed E-state index contributed by atoms with van der Waals surface area (Å²) >= 11 is 0. The molecule has 4 heteroatoms. The van der Waals surface area contributed by atoms with Crippen molar-refractivity contribution in [2.24, 2.45) is 5.73 Å². The van der Waals surface area contributed by atoms with Crippen molar-refractivity contribution in [3.05, 3.63) is 35.2 Å². The molecule has 0 spiro atoms. The van der Waals surface area contributed by atoms with Crippen LogP contribution in [-0.4, -0.2) is 23.9 Å². The zero-order chi connectivity index (χ0) is 13.1. The Hall–Kier alpha value is -1.81. The molecule has 2 aromatic rings. The van der Waals surface area contributed by atoms with E-state index < -0.39 is 0 Å². The van der Waals surface area contributed by atoms with E-state index in [1.807, 2.05) is 13.1 Å². The lowest BCUT2D eigenvalue weighted by Gasteiger charge is -2.11. The second-order valence-corrected chi connectivity index (χ2v) is 4.44. The summed E-state index contributed by atoms with van der Waals surface area (Å²) in [5, 5.41) is 7.14. The lowest BCUT2D eigenvalue weighted by atomic mass is 9.97. The topological polar surface area (TPSA) is 63.9 Å². The minimum Gasteiger partial charge on any atom is -0.496 e. The second-order valence-electron chi connectivity index (χ2n) is 4.44. The summed E-state index contributed by atoms with van der Waals surface area (Å²) in [5.41, 5.74) is 11.3. The predicted octanol–water partition coefficient (Wildman–Crippen LogP) is 2.20. The number of nitrogens with zero attached hydrogens (tertiary/aromatic N) is 1. The fourth-order valence-corrected chi connectivity index (χ4v) is 2.18. The third kappa shape index (κ3) is 2.24. The van der Waals surface area contributed by atoms with Gasteiger partial charge >= 0.3 is 0 Å². The number of ether oxygens (including phenoxy) is 1. The van der Waals surface area contributed by atoms with Gasteiger partial charge in [-0.05, 0) is 49.2 Å². The third-order valence-corrected chi connectivity index (χ3v) is 3.14. The van der Waals surface area contributed by atoms with Crippen molar-refractivity contribution in [2.75, 3.05) is 13.7 Å².